The van der Waals surface area contributed by atoms with Crippen LogP contribution in [0.1, 0.15) is 0 Å². The number of nitrogens with two attached hydrogens (primary N) is 2. The van der Waals surface area contributed by atoms with E-state index < -0.39 is 11.9 Å². The van der Waals surface area contributed by atoms with Crippen LogP contribution in [0.3, 0.4) is 0 Å². The van der Waals surface area contributed by atoms with Gasteiger partial charge in [0.25, 0.3) is 0 Å². The van der Waals surface area contributed by atoms with Gasteiger partial charge >= 0.3 is 5.97 Å². The van der Waals surface area contributed by atoms with Crippen LogP contribution in [-0.4, -0.2) is 50.7 Å². The molecular formula is C8H13N5O4S. The molecule has 10 heteroatoms. The summed E-state index contributed by atoms with van der Waals surface area (Å²) in [6.45, 7) is 0.333. The number of aromatic nitrogens is 3. The number of amides is 1. The van der Waals surface area contributed by atoms with Gasteiger partial charge in [-0.25, -0.2) is 0 Å². The number of carboxylic acid groups (broad SMARTS) is 1. The molecule has 1 aromatic heterocycles. The average Bonchev–Trinajstić information content (AvgIpc) is 2.63. The van der Waals surface area contributed by atoms with Gasteiger partial charge in [-0.05, 0) is 0 Å². The monoisotopic (exact) mass is 275 g/mol. The number of carboxylic acids is 1. The molecule has 0 unspecified atom stereocenters. The van der Waals surface area contributed by atoms with E-state index in [0.717, 1.165) is 11.8 Å². The van der Waals surface area contributed by atoms with E-state index in [-0.39, 0.29) is 24.9 Å². The molecule has 100 valence electrons. The molecular weight excluding hydrogens is 262 g/mol. The van der Waals surface area contributed by atoms with Gasteiger partial charge in [-0.1, -0.05) is 11.8 Å². The van der Waals surface area contributed by atoms with Crippen LogP contribution in [-0.2, 0) is 20.9 Å². The topological polar surface area (TPSA) is 146 Å². The normalized spacial score (nSPS) is 10.4. The molecule has 1 rings (SSSR count). The fraction of sp³-hybridized carbons (Fsp3) is 0.500. The fourth-order valence-electron chi connectivity index (χ4n) is 1.07. The number of nitrogen functional groups attached to an aromatic ring is 1. The average molecular weight is 275 g/mol. The maximum atomic E-state index is 10.4. The summed E-state index contributed by atoms with van der Waals surface area (Å²) >= 11 is 1.00. The molecule has 0 spiro atoms. The van der Waals surface area contributed by atoms with Crippen molar-refractivity contribution in [3.8, 4) is 0 Å². The molecule has 0 aromatic carbocycles. The lowest BCUT2D eigenvalue weighted by atomic mass is 10.6. The molecule has 5 N–H and O–H groups in total. The van der Waals surface area contributed by atoms with Crippen LogP contribution in [0, 0.1) is 0 Å². The number of hydrogen-bond acceptors (Lipinski definition) is 7. The van der Waals surface area contributed by atoms with Gasteiger partial charge in [0.15, 0.2) is 5.16 Å². The first kappa shape index (κ1) is 14.3. The van der Waals surface area contributed by atoms with Gasteiger partial charge in [0.2, 0.25) is 11.9 Å². The van der Waals surface area contributed by atoms with Crippen LogP contribution in [0.4, 0.5) is 5.95 Å². The van der Waals surface area contributed by atoms with Crippen molar-refractivity contribution in [2.24, 2.45) is 5.73 Å². The maximum Gasteiger partial charge on any atom is 0.313 e. The molecule has 0 aliphatic heterocycles. The van der Waals surface area contributed by atoms with Gasteiger partial charge in [0, 0.05) is 0 Å². The van der Waals surface area contributed by atoms with E-state index >= 15 is 0 Å². The minimum absolute atomic E-state index is 0.139. The molecule has 0 radical (unpaired) electrons. The molecule has 1 amide bonds. The maximum absolute atomic E-state index is 10.4. The zero-order valence-corrected chi connectivity index (χ0v) is 10.2. The molecule has 0 aliphatic rings. The first-order valence-electron chi connectivity index (χ1n) is 4.90. The van der Waals surface area contributed by atoms with Gasteiger partial charge in [-0.15, -0.1) is 10.2 Å². The molecule has 1 aromatic rings. The number of hydrogen-bond donors (Lipinski definition) is 3. The summed E-state index contributed by atoms with van der Waals surface area (Å²) in [4.78, 5) is 20.9. The Bertz CT molecular complexity index is 435. The highest BCUT2D eigenvalue weighted by molar-refractivity contribution is 7.99. The minimum Gasteiger partial charge on any atom is -0.481 e. The highest BCUT2D eigenvalue weighted by Gasteiger charge is 2.11. The summed E-state index contributed by atoms with van der Waals surface area (Å²) in [5.74, 6) is -1.50. The summed E-state index contributed by atoms with van der Waals surface area (Å²) in [5.41, 5.74) is 10.5. The van der Waals surface area contributed by atoms with E-state index in [1.807, 2.05) is 0 Å². The van der Waals surface area contributed by atoms with E-state index in [4.69, 9.17) is 21.3 Å². The van der Waals surface area contributed by atoms with Crippen molar-refractivity contribution in [1.29, 1.82) is 0 Å². The predicted molar refractivity (Wildman–Crippen MR) is 62.8 cm³/mol. The van der Waals surface area contributed by atoms with E-state index in [9.17, 15) is 9.59 Å². The Morgan fingerprint density at radius 3 is 2.78 bits per heavy atom. The largest absolute Gasteiger partial charge is 0.481 e. The highest BCUT2D eigenvalue weighted by Crippen LogP contribution is 2.17. The van der Waals surface area contributed by atoms with E-state index in [0.29, 0.717) is 11.7 Å². The second-order valence-electron chi connectivity index (χ2n) is 3.19. The fourth-order valence-corrected chi connectivity index (χ4v) is 1.76. The van der Waals surface area contributed by atoms with Crippen molar-refractivity contribution in [1.82, 2.24) is 14.8 Å². The van der Waals surface area contributed by atoms with E-state index in [1.165, 1.54) is 4.57 Å². The number of carbonyl (C=O) groups is 2. The molecule has 18 heavy (non-hydrogen) atoms. The molecule has 0 bridgehead atoms. The zero-order valence-electron chi connectivity index (χ0n) is 9.40. The second-order valence-corrected chi connectivity index (χ2v) is 4.14. The van der Waals surface area contributed by atoms with Crippen LogP contribution in [0.15, 0.2) is 5.16 Å². The van der Waals surface area contributed by atoms with Crippen LogP contribution in [0.25, 0.3) is 0 Å². The van der Waals surface area contributed by atoms with Crippen molar-refractivity contribution in [3.05, 3.63) is 0 Å². The van der Waals surface area contributed by atoms with Crippen molar-refractivity contribution >= 4 is 29.6 Å². The van der Waals surface area contributed by atoms with Crippen LogP contribution >= 0.6 is 11.8 Å². The number of ether oxygens (including phenoxy) is 1. The lowest BCUT2D eigenvalue weighted by Gasteiger charge is -2.07. The van der Waals surface area contributed by atoms with Crippen LogP contribution < -0.4 is 11.5 Å². The molecule has 0 saturated carbocycles. The van der Waals surface area contributed by atoms with Gasteiger partial charge < -0.3 is 21.3 Å². The highest BCUT2D eigenvalue weighted by atomic mass is 32.2. The van der Waals surface area contributed by atoms with Crippen molar-refractivity contribution in [2.45, 2.75) is 11.7 Å². The Morgan fingerprint density at radius 1 is 1.44 bits per heavy atom. The Hall–Kier alpha value is -1.81. The number of rotatable bonds is 8. The van der Waals surface area contributed by atoms with Crippen molar-refractivity contribution in [3.63, 3.8) is 0 Å². The number of nitrogens with zero attached hydrogens (tertiary/aromatic N) is 3. The lowest BCUT2D eigenvalue weighted by Crippen LogP contribution is -2.20. The third-order valence-electron chi connectivity index (χ3n) is 1.77. The van der Waals surface area contributed by atoms with Gasteiger partial charge in [0.05, 0.1) is 18.9 Å². The van der Waals surface area contributed by atoms with E-state index in [1.54, 1.807) is 0 Å². The first-order valence-corrected chi connectivity index (χ1v) is 5.88. The Labute approximate surface area is 106 Å². The van der Waals surface area contributed by atoms with E-state index in [2.05, 4.69) is 10.2 Å². The number of primary amides is 1. The summed E-state index contributed by atoms with van der Waals surface area (Å²) in [5, 5.41) is 16.3. The Kier molecular flexibility index (Phi) is 5.39. The van der Waals surface area contributed by atoms with Gasteiger partial charge in [0.1, 0.15) is 6.61 Å². The molecule has 9 nitrogen and oxygen atoms in total. The number of thioether (sulfide) groups is 1. The Morgan fingerprint density at radius 2 is 2.17 bits per heavy atom. The zero-order chi connectivity index (χ0) is 13.5. The molecule has 1 heterocycles. The SMILES string of the molecule is NC(=O)COCCn1c(N)nnc1SCC(=O)O. The summed E-state index contributed by atoms with van der Waals surface area (Å²) in [6, 6.07) is 0. The summed E-state index contributed by atoms with van der Waals surface area (Å²) < 4.78 is 6.48. The van der Waals surface area contributed by atoms with Gasteiger partial charge in [-0.3, -0.25) is 14.2 Å². The summed E-state index contributed by atoms with van der Waals surface area (Å²) in [7, 11) is 0. The number of carbonyl (C=O) groups excluding carboxylic acids is 1. The molecule has 0 aliphatic carbocycles. The third-order valence-corrected chi connectivity index (χ3v) is 2.73. The quantitative estimate of drug-likeness (QED) is 0.385. The lowest BCUT2D eigenvalue weighted by molar-refractivity contribution is -0.134. The second kappa shape index (κ2) is 6.81. The third kappa shape index (κ3) is 4.59. The summed E-state index contributed by atoms with van der Waals surface area (Å²) in [6.07, 6.45) is 0. The molecule has 0 fully saturated rings. The molecule has 0 saturated heterocycles. The predicted octanol–water partition coefficient (Wildman–Crippen LogP) is -1.46. The van der Waals surface area contributed by atoms with Crippen LogP contribution in [0.5, 0.6) is 0 Å². The number of anilines is 1. The van der Waals surface area contributed by atoms with Crippen LogP contribution in [0.2, 0.25) is 0 Å². The number of aliphatic carboxylic acids is 1. The first-order chi connectivity index (χ1) is 8.50. The van der Waals surface area contributed by atoms with Crippen molar-refractivity contribution < 1.29 is 19.4 Å². The Balaban J connectivity index is 2.50. The molecule has 0 atom stereocenters. The minimum atomic E-state index is -0.960. The van der Waals surface area contributed by atoms with Crippen molar-refractivity contribution in [2.75, 3.05) is 24.7 Å². The van der Waals surface area contributed by atoms with Gasteiger partial charge in [-0.2, -0.15) is 0 Å². The standard InChI is InChI=1S/C8H13N5O4S/c9-5(14)3-17-2-1-13-7(10)11-12-8(13)18-4-6(15)16/h1-4H2,(H2,9,14)(H2,10,11)(H,15,16). The smallest absolute Gasteiger partial charge is 0.313 e.